The molecule has 1 N–H and O–H groups in total. The van der Waals surface area contributed by atoms with E-state index < -0.39 is 16.1 Å². The minimum atomic E-state index is -4.00. The van der Waals surface area contributed by atoms with Gasteiger partial charge >= 0.3 is 5.97 Å². The van der Waals surface area contributed by atoms with Crippen LogP contribution in [0, 0.1) is 0 Å². The Hall–Kier alpha value is -1.92. The summed E-state index contributed by atoms with van der Waals surface area (Å²) in [4.78, 5) is 9.84. The van der Waals surface area contributed by atoms with E-state index in [4.69, 9.17) is 4.55 Å². The first kappa shape index (κ1) is 16.1. The van der Waals surface area contributed by atoms with Crippen molar-refractivity contribution in [1.82, 2.24) is 0 Å². The van der Waals surface area contributed by atoms with Gasteiger partial charge in [0.2, 0.25) is 0 Å². The SMILES string of the molecule is C=CC(=O)OC.O=S(=O)(O)C=Cc1ccccc1. The standard InChI is InChI=1S/C8H8O3S.C4H6O2/c9-12(10,11)7-6-8-4-2-1-3-5-8;1-3-4(5)6-2/h1-7H,(H,9,10,11);3H,1H2,2H3. The molecular weight excluding hydrogens is 256 g/mol. The zero-order chi connectivity index (χ0) is 14.0. The maximum absolute atomic E-state index is 10.3. The van der Waals surface area contributed by atoms with Gasteiger partial charge in [-0.25, -0.2) is 4.79 Å². The van der Waals surface area contributed by atoms with E-state index in [1.54, 1.807) is 24.3 Å². The number of esters is 1. The van der Waals surface area contributed by atoms with Gasteiger partial charge in [0, 0.05) is 6.08 Å². The van der Waals surface area contributed by atoms with Crippen LogP contribution in [0.2, 0.25) is 0 Å². The van der Waals surface area contributed by atoms with E-state index in [0.717, 1.165) is 17.0 Å². The van der Waals surface area contributed by atoms with Crippen LogP contribution in [-0.4, -0.2) is 26.0 Å². The highest BCUT2D eigenvalue weighted by Gasteiger charge is 1.94. The number of benzene rings is 1. The topological polar surface area (TPSA) is 80.7 Å². The van der Waals surface area contributed by atoms with Gasteiger partial charge in [-0.2, -0.15) is 8.42 Å². The van der Waals surface area contributed by atoms with E-state index in [0.29, 0.717) is 0 Å². The number of methoxy groups -OCH3 is 1. The maximum Gasteiger partial charge on any atom is 0.329 e. The van der Waals surface area contributed by atoms with Crippen LogP contribution in [0.15, 0.2) is 48.4 Å². The molecule has 0 saturated heterocycles. The molecular formula is C12H14O5S. The first-order valence-corrected chi connectivity index (χ1v) is 6.30. The third-order valence-corrected chi connectivity index (χ3v) is 2.08. The summed E-state index contributed by atoms with van der Waals surface area (Å²) in [6, 6.07) is 8.86. The molecule has 0 atom stereocenters. The first-order chi connectivity index (χ1) is 8.39. The van der Waals surface area contributed by atoms with Crippen LogP contribution in [0.25, 0.3) is 6.08 Å². The summed E-state index contributed by atoms with van der Waals surface area (Å²) in [6.07, 6.45) is 2.44. The highest BCUT2D eigenvalue weighted by molar-refractivity contribution is 7.88. The molecule has 0 heterocycles. The van der Waals surface area contributed by atoms with Crippen LogP contribution < -0.4 is 0 Å². The molecule has 0 radical (unpaired) electrons. The van der Waals surface area contributed by atoms with Gasteiger partial charge in [-0.15, -0.1) is 0 Å². The van der Waals surface area contributed by atoms with Crippen LogP contribution in [-0.2, 0) is 19.6 Å². The van der Waals surface area contributed by atoms with Crippen molar-refractivity contribution in [1.29, 1.82) is 0 Å². The zero-order valence-electron chi connectivity index (χ0n) is 9.81. The average molecular weight is 270 g/mol. The Morgan fingerprint density at radius 1 is 1.33 bits per heavy atom. The summed E-state index contributed by atoms with van der Waals surface area (Å²) in [6.45, 7) is 3.16. The minimum Gasteiger partial charge on any atom is -0.466 e. The van der Waals surface area contributed by atoms with Crippen LogP contribution in [0.4, 0.5) is 0 Å². The lowest BCUT2D eigenvalue weighted by Gasteiger charge is -1.89. The fourth-order valence-electron chi connectivity index (χ4n) is 0.812. The highest BCUT2D eigenvalue weighted by Crippen LogP contribution is 2.01. The molecule has 0 aromatic heterocycles. The van der Waals surface area contributed by atoms with Crippen LogP contribution in [0.1, 0.15) is 5.56 Å². The monoisotopic (exact) mass is 270 g/mol. The third kappa shape index (κ3) is 9.32. The molecule has 0 aliphatic heterocycles. The molecule has 0 unspecified atom stereocenters. The van der Waals surface area contributed by atoms with E-state index in [1.165, 1.54) is 13.2 Å². The molecule has 0 bridgehead atoms. The largest absolute Gasteiger partial charge is 0.466 e. The summed E-state index contributed by atoms with van der Waals surface area (Å²) >= 11 is 0. The molecule has 0 amide bonds. The van der Waals surface area contributed by atoms with Crippen LogP contribution >= 0.6 is 0 Å². The second-order valence-electron chi connectivity index (χ2n) is 2.96. The summed E-state index contributed by atoms with van der Waals surface area (Å²) in [7, 11) is -2.69. The Labute approximate surface area is 106 Å². The van der Waals surface area contributed by atoms with E-state index in [1.807, 2.05) is 6.07 Å². The van der Waals surface area contributed by atoms with Gasteiger partial charge in [0.25, 0.3) is 10.1 Å². The van der Waals surface area contributed by atoms with Crippen molar-refractivity contribution in [3.63, 3.8) is 0 Å². The smallest absolute Gasteiger partial charge is 0.329 e. The molecule has 6 heteroatoms. The normalized spacial score (nSPS) is 10.3. The molecule has 0 saturated carbocycles. The van der Waals surface area contributed by atoms with Gasteiger partial charge in [0.1, 0.15) is 0 Å². The van der Waals surface area contributed by atoms with E-state index in [2.05, 4.69) is 11.3 Å². The summed E-state index contributed by atoms with van der Waals surface area (Å²) in [5.74, 6) is -0.394. The van der Waals surface area contributed by atoms with Gasteiger partial charge in [-0.1, -0.05) is 36.9 Å². The van der Waals surface area contributed by atoms with Crippen molar-refractivity contribution in [3.8, 4) is 0 Å². The number of carbonyl (C=O) groups excluding carboxylic acids is 1. The molecule has 0 aliphatic carbocycles. The van der Waals surface area contributed by atoms with Crippen LogP contribution in [0.5, 0.6) is 0 Å². The van der Waals surface area contributed by atoms with Gasteiger partial charge in [-0.05, 0) is 11.6 Å². The quantitative estimate of drug-likeness (QED) is 0.515. The van der Waals surface area contributed by atoms with Crippen molar-refractivity contribution in [2.75, 3.05) is 7.11 Å². The molecule has 1 aromatic rings. The Balaban J connectivity index is 0.000000411. The third-order valence-electron chi connectivity index (χ3n) is 1.60. The summed E-state index contributed by atoms with van der Waals surface area (Å²) in [5, 5.41) is 0.752. The van der Waals surface area contributed by atoms with Gasteiger partial charge in [0.05, 0.1) is 12.5 Å². The molecule has 0 fully saturated rings. The van der Waals surface area contributed by atoms with Gasteiger partial charge in [0.15, 0.2) is 0 Å². The van der Waals surface area contributed by atoms with Crippen molar-refractivity contribution < 1.29 is 22.5 Å². The maximum atomic E-state index is 10.3. The molecule has 5 nitrogen and oxygen atoms in total. The van der Waals surface area contributed by atoms with Crippen molar-refractivity contribution >= 4 is 22.2 Å². The van der Waals surface area contributed by atoms with Gasteiger partial charge < -0.3 is 4.74 Å². The lowest BCUT2D eigenvalue weighted by molar-refractivity contribution is -0.134. The molecule has 98 valence electrons. The van der Waals surface area contributed by atoms with E-state index in [9.17, 15) is 13.2 Å². The summed E-state index contributed by atoms with van der Waals surface area (Å²) in [5.41, 5.74) is 0.732. The molecule has 1 rings (SSSR count). The Bertz CT molecular complexity index is 503. The average Bonchev–Trinajstić information content (AvgIpc) is 2.36. The lowest BCUT2D eigenvalue weighted by Crippen LogP contribution is -1.91. The van der Waals surface area contributed by atoms with E-state index >= 15 is 0 Å². The predicted molar refractivity (Wildman–Crippen MR) is 69.2 cm³/mol. The Kier molecular flexibility index (Phi) is 7.34. The molecule has 0 spiro atoms. The molecule has 0 aliphatic rings. The number of carbonyl (C=O) groups is 1. The number of hydrogen-bond donors (Lipinski definition) is 1. The van der Waals surface area contributed by atoms with E-state index in [-0.39, 0.29) is 0 Å². The van der Waals surface area contributed by atoms with Gasteiger partial charge in [-0.3, -0.25) is 4.55 Å². The zero-order valence-corrected chi connectivity index (χ0v) is 10.6. The highest BCUT2D eigenvalue weighted by atomic mass is 32.2. The first-order valence-electron chi connectivity index (χ1n) is 4.80. The molecule has 18 heavy (non-hydrogen) atoms. The second-order valence-corrected chi connectivity index (χ2v) is 4.26. The van der Waals surface area contributed by atoms with Crippen molar-refractivity contribution in [2.24, 2.45) is 0 Å². The second kappa shape index (κ2) is 8.21. The fourth-order valence-corrected chi connectivity index (χ4v) is 1.14. The molecule has 1 aromatic carbocycles. The van der Waals surface area contributed by atoms with Crippen molar-refractivity contribution in [3.05, 3.63) is 54.0 Å². The number of rotatable bonds is 3. The number of hydrogen-bond acceptors (Lipinski definition) is 4. The van der Waals surface area contributed by atoms with Crippen LogP contribution in [0.3, 0.4) is 0 Å². The van der Waals surface area contributed by atoms with Crippen molar-refractivity contribution in [2.45, 2.75) is 0 Å². The Morgan fingerprint density at radius 3 is 2.22 bits per heavy atom. The predicted octanol–water partition coefficient (Wildman–Crippen LogP) is 1.89. The summed E-state index contributed by atoms with van der Waals surface area (Å²) < 4.78 is 33.1. The Morgan fingerprint density at radius 2 is 1.89 bits per heavy atom. The lowest BCUT2D eigenvalue weighted by atomic mass is 10.2. The number of ether oxygens (including phenoxy) is 1. The minimum absolute atomic E-state index is 0.394. The fraction of sp³-hybridized carbons (Fsp3) is 0.0833.